The molecule has 1 rings (SSSR count). The number of aliphatic hydroxyl groups is 1. The summed E-state index contributed by atoms with van der Waals surface area (Å²) in [7, 11) is 0. The van der Waals surface area contributed by atoms with Gasteiger partial charge < -0.3 is 9.94 Å². The van der Waals surface area contributed by atoms with Crippen LogP contribution in [-0.4, -0.2) is 29.3 Å². The van der Waals surface area contributed by atoms with E-state index < -0.39 is 6.10 Å². The molecule has 1 unspecified atom stereocenters. The lowest BCUT2D eigenvalue weighted by Crippen LogP contribution is -2.17. The van der Waals surface area contributed by atoms with Gasteiger partial charge in [-0.1, -0.05) is 5.16 Å². The Bertz CT molecular complexity index is 188. The van der Waals surface area contributed by atoms with Gasteiger partial charge in [0.05, 0.1) is 5.71 Å². The van der Waals surface area contributed by atoms with Crippen molar-refractivity contribution in [2.75, 3.05) is 6.61 Å². The highest BCUT2D eigenvalue weighted by molar-refractivity contribution is 5.92. The second-order valence-corrected chi connectivity index (χ2v) is 2.54. The summed E-state index contributed by atoms with van der Waals surface area (Å²) in [4.78, 5) is 15.5. The van der Waals surface area contributed by atoms with Crippen LogP contribution in [0.5, 0.6) is 0 Å². The molecule has 0 aromatic rings. The van der Waals surface area contributed by atoms with Crippen LogP contribution in [0.3, 0.4) is 0 Å². The highest BCUT2D eigenvalue weighted by Gasteiger charge is 2.23. The van der Waals surface area contributed by atoms with Crippen LogP contribution >= 0.6 is 0 Å². The van der Waals surface area contributed by atoms with Crippen LogP contribution in [0.1, 0.15) is 19.8 Å². The van der Waals surface area contributed by atoms with Crippen LogP contribution in [0.2, 0.25) is 0 Å². The van der Waals surface area contributed by atoms with E-state index in [1.807, 2.05) is 0 Å². The van der Waals surface area contributed by atoms with Crippen molar-refractivity contribution in [1.29, 1.82) is 0 Å². The van der Waals surface area contributed by atoms with Gasteiger partial charge in [-0.15, -0.1) is 0 Å². The maximum atomic E-state index is 10.7. The predicted molar refractivity (Wildman–Crippen MR) is 39.3 cm³/mol. The summed E-state index contributed by atoms with van der Waals surface area (Å²) < 4.78 is 0. The zero-order valence-electron chi connectivity index (χ0n) is 6.41. The quantitative estimate of drug-likeness (QED) is 0.632. The van der Waals surface area contributed by atoms with Crippen molar-refractivity contribution in [2.24, 2.45) is 5.16 Å². The molecule has 4 heteroatoms. The largest absolute Gasteiger partial charge is 0.396 e. The minimum absolute atomic E-state index is 0.0123. The van der Waals surface area contributed by atoms with E-state index in [9.17, 15) is 4.79 Å². The van der Waals surface area contributed by atoms with Crippen molar-refractivity contribution >= 4 is 11.5 Å². The third kappa shape index (κ3) is 2.01. The first kappa shape index (κ1) is 8.20. The molecule has 1 N–H and O–H groups in total. The highest BCUT2D eigenvalue weighted by Crippen LogP contribution is 2.12. The number of oxime groups is 1. The minimum atomic E-state index is -0.406. The lowest BCUT2D eigenvalue weighted by molar-refractivity contribution is -0.126. The van der Waals surface area contributed by atoms with Crippen molar-refractivity contribution in [3.8, 4) is 0 Å². The van der Waals surface area contributed by atoms with E-state index in [2.05, 4.69) is 5.16 Å². The molecule has 0 amide bonds. The number of hydrogen-bond donors (Lipinski definition) is 1. The van der Waals surface area contributed by atoms with E-state index in [4.69, 9.17) is 9.94 Å². The van der Waals surface area contributed by atoms with Gasteiger partial charge in [-0.2, -0.15) is 0 Å². The van der Waals surface area contributed by atoms with Gasteiger partial charge in [-0.25, -0.2) is 0 Å². The molecule has 0 aliphatic carbocycles. The third-order valence-corrected chi connectivity index (χ3v) is 1.58. The Morgan fingerprint density at radius 1 is 1.91 bits per heavy atom. The van der Waals surface area contributed by atoms with Gasteiger partial charge in [0.2, 0.25) is 0 Å². The number of carbonyl (C=O) groups excluding carboxylic acids is 1. The molecule has 0 saturated carbocycles. The van der Waals surface area contributed by atoms with Crippen LogP contribution < -0.4 is 0 Å². The first-order chi connectivity index (χ1) is 5.24. The Morgan fingerprint density at radius 2 is 2.64 bits per heavy atom. The third-order valence-electron chi connectivity index (χ3n) is 1.58. The predicted octanol–water partition coefficient (Wildman–Crippen LogP) is 0.103. The van der Waals surface area contributed by atoms with Gasteiger partial charge in [0.25, 0.3) is 0 Å². The van der Waals surface area contributed by atoms with Crippen LogP contribution in [0, 0.1) is 0 Å². The van der Waals surface area contributed by atoms with Crippen molar-refractivity contribution in [3.63, 3.8) is 0 Å². The Kier molecular flexibility index (Phi) is 2.59. The fourth-order valence-electron chi connectivity index (χ4n) is 0.921. The first-order valence-electron chi connectivity index (χ1n) is 3.57. The number of hydrogen-bond acceptors (Lipinski definition) is 4. The van der Waals surface area contributed by atoms with Gasteiger partial charge in [0.1, 0.15) is 0 Å². The monoisotopic (exact) mass is 157 g/mol. The first-order valence-corrected chi connectivity index (χ1v) is 3.57. The van der Waals surface area contributed by atoms with E-state index in [0.29, 0.717) is 12.8 Å². The molecule has 1 aliphatic rings. The second-order valence-electron chi connectivity index (χ2n) is 2.54. The summed E-state index contributed by atoms with van der Waals surface area (Å²) in [5, 5.41) is 12.2. The van der Waals surface area contributed by atoms with Crippen LogP contribution in [-0.2, 0) is 9.63 Å². The smallest absolute Gasteiger partial charge is 0.190 e. The van der Waals surface area contributed by atoms with Gasteiger partial charge in [-0.05, 0) is 6.92 Å². The second kappa shape index (κ2) is 3.48. The minimum Gasteiger partial charge on any atom is -0.396 e. The summed E-state index contributed by atoms with van der Waals surface area (Å²) in [5.41, 5.74) is 0.771. The molecule has 1 heterocycles. The van der Waals surface area contributed by atoms with E-state index in [1.54, 1.807) is 0 Å². The van der Waals surface area contributed by atoms with Gasteiger partial charge >= 0.3 is 0 Å². The molecular formula is C7H11NO3. The van der Waals surface area contributed by atoms with E-state index in [-0.39, 0.29) is 12.4 Å². The molecule has 62 valence electrons. The molecule has 0 fully saturated rings. The molecule has 4 nitrogen and oxygen atoms in total. The van der Waals surface area contributed by atoms with Gasteiger partial charge in [-0.3, -0.25) is 4.79 Å². The van der Waals surface area contributed by atoms with Crippen LogP contribution in [0.15, 0.2) is 5.16 Å². The SMILES string of the molecule is CC(=O)C1CC(CCO)=NO1. The number of Topliss-reactive ketones (excluding diaryl/α,β-unsaturated/α-hetero) is 1. The number of rotatable bonds is 3. The summed E-state index contributed by atoms with van der Waals surface area (Å²) in [6.07, 6.45) is 0.635. The Labute approximate surface area is 64.8 Å². The highest BCUT2D eigenvalue weighted by atomic mass is 16.6. The molecule has 0 aromatic heterocycles. The fourth-order valence-corrected chi connectivity index (χ4v) is 0.921. The summed E-state index contributed by atoms with van der Waals surface area (Å²) in [6, 6.07) is 0. The van der Waals surface area contributed by atoms with Crippen LogP contribution in [0.4, 0.5) is 0 Å². The number of nitrogens with zero attached hydrogens (tertiary/aromatic N) is 1. The van der Waals surface area contributed by atoms with Gasteiger partial charge in [0, 0.05) is 19.4 Å². The van der Waals surface area contributed by atoms with E-state index >= 15 is 0 Å². The molecule has 1 aliphatic heterocycles. The molecule has 0 aromatic carbocycles. The summed E-state index contributed by atoms with van der Waals surface area (Å²) in [5.74, 6) is -0.0123. The number of aliphatic hydroxyl groups excluding tert-OH is 1. The summed E-state index contributed by atoms with van der Waals surface area (Å²) in [6.45, 7) is 1.54. The Balaban J connectivity index is 2.36. The molecule has 0 saturated heterocycles. The van der Waals surface area contributed by atoms with Crippen molar-refractivity contribution in [1.82, 2.24) is 0 Å². The summed E-state index contributed by atoms with van der Waals surface area (Å²) >= 11 is 0. The molecule has 0 bridgehead atoms. The molecule has 0 spiro atoms. The topological polar surface area (TPSA) is 58.9 Å². The maximum Gasteiger partial charge on any atom is 0.190 e. The molecule has 11 heavy (non-hydrogen) atoms. The molecule has 0 radical (unpaired) electrons. The van der Waals surface area contributed by atoms with E-state index in [1.165, 1.54) is 6.92 Å². The lowest BCUT2D eigenvalue weighted by atomic mass is 10.1. The lowest BCUT2D eigenvalue weighted by Gasteiger charge is -2.00. The zero-order chi connectivity index (χ0) is 8.27. The van der Waals surface area contributed by atoms with Crippen LogP contribution in [0.25, 0.3) is 0 Å². The Hall–Kier alpha value is -0.900. The Morgan fingerprint density at radius 3 is 3.09 bits per heavy atom. The average molecular weight is 157 g/mol. The van der Waals surface area contributed by atoms with Crippen molar-refractivity contribution < 1.29 is 14.7 Å². The van der Waals surface area contributed by atoms with Gasteiger partial charge in [0.15, 0.2) is 11.9 Å². The maximum absolute atomic E-state index is 10.7. The van der Waals surface area contributed by atoms with Crippen molar-refractivity contribution in [3.05, 3.63) is 0 Å². The zero-order valence-corrected chi connectivity index (χ0v) is 6.41. The standard InChI is InChI=1S/C7H11NO3/c1-5(10)7-4-6(2-3-9)8-11-7/h7,9H,2-4H2,1H3. The van der Waals surface area contributed by atoms with E-state index in [0.717, 1.165) is 5.71 Å². The average Bonchev–Trinajstić information content (AvgIpc) is 2.37. The fraction of sp³-hybridized carbons (Fsp3) is 0.714. The van der Waals surface area contributed by atoms with Crippen molar-refractivity contribution in [2.45, 2.75) is 25.9 Å². The number of ketones is 1. The molecule has 1 atom stereocenters. The number of carbonyl (C=O) groups is 1. The molecular weight excluding hydrogens is 146 g/mol. The normalized spacial score (nSPS) is 22.7.